The Labute approximate surface area is 119 Å². The predicted molar refractivity (Wildman–Crippen MR) is 69.5 cm³/mol. The number of benzene rings is 1. The van der Waals surface area contributed by atoms with Gasteiger partial charge in [-0.05, 0) is 18.9 Å². The topological polar surface area (TPSA) is 68.0 Å². The Morgan fingerprint density at radius 3 is 2.90 bits per heavy atom. The Bertz CT molecular complexity index is 682. The van der Waals surface area contributed by atoms with Gasteiger partial charge < -0.3 is 5.11 Å². The summed E-state index contributed by atoms with van der Waals surface area (Å²) in [4.78, 5) is 11.1. The second kappa shape index (κ2) is 4.86. The average molecular weight is 296 g/mol. The van der Waals surface area contributed by atoms with Gasteiger partial charge in [-0.3, -0.25) is 0 Å². The minimum Gasteiger partial charge on any atom is -0.476 e. The number of rotatable bonds is 4. The molecule has 0 radical (unpaired) electrons. The first-order valence-electron chi connectivity index (χ1n) is 6.17. The second-order valence-electron chi connectivity index (χ2n) is 4.77. The van der Waals surface area contributed by atoms with Gasteiger partial charge in [-0.15, -0.1) is 5.10 Å². The molecule has 3 rings (SSSR count). The monoisotopic (exact) mass is 295 g/mol. The largest absolute Gasteiger partial charge is 0.476 e. The van der Waals surface area contributed by atoms with Crippen LogP contribution in [0.25, 0.3) is 0 Å². The third-order valence-electron chi connectivity index (χ3n) is 3.29. The fourth-order valence-electron chi connectivity index (χ4n) is 2.18. The minimum absolute atomic E-state index is 0.0362. The molecule has 1 aliphatic carbocycles. The molecule has 5 nitrogen and oxygen atoms in total. The Morgan fingerprint density at radius 1 is 1.50 bits per heavy atom. The number of carboxylic acids is 1. The summed E-state index contributed by atoms with van der Waals surface area (Å²) in [6.45, 7) is 0.124. The molecule has 0 bridgehead atoms. The summed E-state index contributed by atoms with van der Waals surface area (Å²) in [6.07, 6.45) is 1.82. The van der Waals surface area contributed by atoms with Gasteiger partial charge in [0.2, 0.25) is 0 Å². The van der Waals surface area contributed by atoms with E-state index in [1.807, 2.05) is 0 Å². The number of halogens is 2. The quantitative estimate of drug-likeness (QED) is 0.941. The van der Waals surface area contributed by atoms with Gasteiger partial charge in [0.25, 0.3) is 0 Å². The Balaban J connectivity index is 1.99. The van der Waals surface area contributed by atoms with Crippen LogP contribution in [0.3, 0.4) is 0 Å². The van der Waals surface area contributed by atoms with Crippen LogP contribution >= 0.6 is 11.6 Å². The van der Waals surface area contributed by atoms with Crippen LogP contribution in [-0.2, 0) is 6.54 Å². The molecular weight excluding hydrogens is 285 g/mol. The summed E-state index contributed by atoms with van der Waals surface area (Å²) in [6, 6.07) is 4.71. The normalized spacial score (nSPS) is 14.5. The summed E-state index contributed by atoms with van der Waals surface area (Å²) in [5.74, 6) is -1.47. The molecular formula is C13H11ClFN3O2. The first-order valence-corrected chi connectivity index (χ1v) is 6.55. The van der Waals surface area contributed by atoms with Crippen molar-refractivity contribution in [2.45, 2.75) is 25.3 Å². The van der Waals surface area contributed by atoms with Crippen LogP contribution in [0, 0.1) is 5.82 Å². The van der Waals surface area contributed by atoms with Crippen LogP contribution in [0.4, 0.5) is 4.39 Å². The van der Waals surface area contributed by atoms with Gasteiger partial charge in [-0.1, -0.05) is 28.9 Å². The molecule has 1 saturated carbocycles. The van der Waals surface area contributed by atoms with Gasteiger partial charge in [0.15, 0.2) is 5.69 Å². The smallest absolute Gasteiger partial charge is 0.358 e. The molecule has 0 saturated heterocycles. The fourth-order valence-corrected chi connectivity index (χ4v) is 2.38. The van der Waals surface area contributed by atoms with E-state index in [9.17, 15) is 9.18 Å². The van der Waals surface area contributed by atoms with Gasteiger partial charge in [-0.2, -0.15) is 0 Å². The highest BCUT2D eigenvalue weighted by Gasteiger charge is 2.33. The lowest BCUT2D eigenvalue weighted by Crippen LogP contribution is -2.09. The summed E-state index contributed by atoms with van der Waals surface area (Å²) in [7, 11) is 0. The highest BCUT2D eigenvalue weighted by molar-refractivity contribution is 6.30. The van der Waals surface area contributed by atoms with E-state index in [0.29, 0.717) is 11.3 Å². The summed E-state index contributed by atoms with van der Waals surface area (Å²) in [5, 5.41) is 16.7. The molecule has 1 fully saturated rings. The van der Waals surface area contributed by atoms with Gasteiger partial charge in [0.05, 0.1) is 17.3 Å². The van der Waals surface area contributed by atoms with Crippen LogP contribution in [-0.4, -0.2) is 26.1 Å². The Morgan fingerprint density at radius 2 is 2.25 bits per heavy atom. The van der Waals surface area contributed by atoms with E-state index in [0.717, 1.165) is 12.8 Å². The SMILES string of the molecule is O=C(O)c1nnn(Cc2cccc(Cl)c2F)c1C1CC1. The maximum atomic E-state index is 13.9. The molecule has 1 heterocycles. The van der Waals surface area contributed by atoms with Crippen LogP contribution in [0.2, 0.25) is 5.02 Å². The van der Waals surface area contributed by atoms with Crippen molar-refractivity contribution in [3.05, 3.63) is 46.0 Å². The third-order valence-corrected chi connectivity index (χ3v) is 3.58. The van der Waals surface area contributed by atoms with Crippen molar-refractivity contribution in [2.24, 2.45) is 0 Å². The van der Waals surface area contributed by atoms with Gasteiger partial charge in [0, 0.05) is 11.5 Å². The highest BCUT2D eigenvalue weighted by atomic mass is 35.5. The Kier molecular flexibility index (Phi) is 3.17. The fraction of sp³-hybridized carbons (Fsp3) is 0.308. The van der Waals surface area contributed by atoms with Gasteiger partial charge in [0.1, 0.15) is 5.82 Å². The van der Waals surface area contributed by atoms with Gasteiger partial charge in [-0.25, -0.2) is 13.9 Å². The van der Waals surface area contributed by atoms with Crippen molar-refractivity contribution in [1.29, 1.82) is 0 Å². The summed E-state index contributed by atoms with van der Waals surface area (Å²) < 4.78 is 15.3. The molecule has 1 aromatic heterocycles. The summed E-state index contributed by atoms with van der Waals surface area (Å²) in [5.41, 5.74) is 0.882. The molecule has 2 aromatic rings. The summed E-state index contributed by atoms with van der Waals surface area (Å²) >= 11 is 5.74. The zero-order valence-electron chi connectivity index (χ0n) is 10.4. The zero-order chi connectivity index (χ0) is 14.3. The first-order chi connectivity index (χ1) is 9.58. The Hall–Kier alpha value is -1.95. The second-order valence-corrected chi connectivity index (χ2v) is 5.18. The van der Waals surface area contributed by atoms with E-state index in [-0.39, 0.29) is 23.2 Å². The molecule has 1 aliphatic rings. The molecule has 0 atom stereocenters. The van der Waals surface area contributed by atoms with Crippen LogP contribution in [0.5, 0.6) is 0 Å². The van der Waals surface area contributed by atoms with E-state index >= 15 is 0 Å². The number of aromatic nitrogens is 3. The molecule has 104 valence electrons. The highest BCUT2D eigenvalue weighted by Crippen LogP contribution is 2.41. The standard InChI is InChI=1S/C13H11ClFN3O2/c14-9-3-1-2-8(10(9)15)6-18-12(7-4-5-7)11(13(19)20)16-17-18/h1-3,7H,4-6H2,(H,19,20). The lowest BCUT2D eigenvalue weighted by atomic mass is 10.2. The molecule has 1 aromatic carbocycles. The lowest BCUT2D eigenvalue weighted by Gasteiger charge is -2.08. The number of hydrogen-bond acceptors (Lipinski definition) is 3. The number of carboxylic acid groups (broad SMARTS) is 1. The van der Waals surface area contributed by atoms with E-state index in [1.165, 1.54) is 10.7 Å². The first kappa shape index (κ1) is 13.1. The van der Waals surface area contributed by atoms with Crippen molar-refractivity contribution in [3.8, 4) is 0 Å². The van der Waals surface area contributed by atoms with E-state index < -0.39 is 11.8 Å². The zero-order valence-corrected chi connectivity index (χ0v) is 11.1. The number of carbonyl (C=O) groups is 1. The van der Waals surface area contributed by atoms with E-state index in [2.05, 4.69) is 10.3 Å². The van der Waals surface area contributed by atoms with Crippen LogP contribution in [0.15, 0.2) is 18.2 Å². The van der Waals surface area contributed by atoms with Crippen LogP contribution < -0.4 is 0 Å². The number of nitrogens with zero attached hydrogens (tertiary/aromatic N) is 3. The maximum absolute atomic E-state index is 13.9. The molecule has 0 spiro atoms. The predicted octanol–water partition coefficient (Wildman–Crippen LogP) is 2.69. The maximum Gasteiger partial charge on any atom is 0.358 e. The molecule has 0 amide bonds. The van der Waals surface area contributed by atoms with Crippen LogP contribution in [0.1, 0.15) is 40.5 Å². The molecule has 20 heavy (non-hydrogen) atoms. The van der Waals surface area contributed by atoms with Crippen molar-refractivity contribution in [1.82, 2.24) is 15.0 Å². The molecule has 7 heteroatoms. The van der Waals surface area contributed by atoms with Crippen molar-refractivity contribution >= 4 is 17.6 Å². The molecule has 0 unspecified atom stereocenters. The lowest BCUT2D eigenvalue weighted by molar-refractivity contribution is 0.0689. The van der Waals surface area contributed by atoms with Crippen molar-refractivity contribution in [3.63, 3.8) is 0 Å². The van der Waals surface area contributed by atoms with Crippen molar-refractivity contribution in [2.75, 3.05) is 0 Å². The van der Waals surface area contributed by atoms with E-state index in [1.54, 1.807) is 12.1 Å². The minimum atomic E-state index is -1.11. The third kappa shape index (κ3) is 2.27. The van der Waals surface area contributed by atoms with E-state index in [4.69, 9.17) is 16.7 Å². The number of aromatic carboxylic acids is 1. The molecule has 1 N–H and O–H groups in total. The number of hydrogen-bond donors (Lipinski definition) is 1. The van der Waals surface area contributed by atoms with Crippen molar-refractivity contribution < 1.29 is 14.3 Å². The molecule has 0 aliphatic heterocycles. The van der Waals surface area contributed by atoms with Gasteiger partial charge >= 0.3 is 5.97 Å². The average Bonchev–Trinajstić information content (AvgIpc) is 3.16.